The average Bonchev–Trinajstić information content (AvgIpc) is 2.57. The zero-order valence-electron chi connectivity index (χ0n) is 14.3. The lowest BCUT2D eigenvalue weighted by Gasteiger charge is -2.42. The van der Waals surface area contributed by atoms with E-state index in [1.165, 1.54) is 11.1 Å². The summed E-state index contributed by atoms with van der Waals surface area (Å²) in [5.74, 6) is 1.88. The lowest BCUT2D eigenvalue weighted by Crippen LogP contribution is -2.48. The summed E-state index contributed by atoms with van der Waals surface area (Å²) in [6.07, 6.45) is 0. The van der Waals surface area contributed by atoms with Gasteiger partial charge in [-0.15, -0.1) is 0 Å². The van der Waals surface area contributed by atoms with Crippen LogP contribution in [0.4, 0.5) is 0 Å². The van der Waals surface area contributed by atoms with Gasteiger partial charge < -0.3 is 10.1 Å². The van der Waals surface area contributed by atoms with Crippen molar-refractivity contribution in [3.05, 3.63) is 65.7 Å². The third kappa shape index (κ3) is 2.89. The number of ether oxygens (including phenoxy) is 1. The van der Waals surface area contributed by atoms with E-state index in [1.54, 1.807) is 7.11 Å². The minimum absolute atomic E-state index is 0.207. The molecule has 0 aliphatic rings. The van der Waals surface area contributed by atoms with E-state index in [9.17, 15) is 0 Å². The van der Waals surface area contributed by atoms with Crippen LogP contribution in [-0.2, 0) is 5.54 Å². The largest absolute Gasteiger partial charge is 0.497 e. The van der Waals surface area contributed by atoms with E-state index >= 15 is 0 Å². The van der Waals surface area contributed by atoms with E-state index in [4.69, 9.17) is 4.74 Å². The van der Waals surface area contributed by atoms with Crippen LogP contribution in [0.25, 0.3) is 0 Å². The molecule has 0 bridgehead atoms. The van der Waals surface area contributed by atoms with Crippen molar-refractivity contribution in [2.75, 3.05) is 14.2 Å². The Bertz CT molecular complexity index is 576. The highest BCUT2D eigenvalue weighted by atomic mass is 16.5. The molecule has 2 heteroatoms. The van der Waals surface area contributed by atoms with Crippen LogP contribution in [0.5, 0.6) is 5.75 Å². The van der Waals surface area contributed by atoms with Crippen LogP contribution in [0.2, 0.25) is 0 Å². The molecule has 2 aromatic carbocycles. The first-order chi connectivity index (χ1) is 10.6. The molecule has 0 aliphatic carbocycles. The maximum Gasteiger partial charge on any atom is 0.118 e. The summed E-state index contributed by atoms with van der Waals surface area (Å²) in [7, 11) is 3.75. The van der Waals surface area contributed by atoms with Crippen LogP contribution in [0.15, 0.2) is 54.6 Å². The molecule has 2 aromatic rings. The van der Waals surface area contributed by atoms with Crippen molar-refractivity contribution in [3.63, 3.8) is 0 Å². The van der Waals surface area contributed by atoms with Crippen molar-refractivity contribution in [3.8, 4) is 5.75 Å². The van der Waals surface area contributed by atoms with Gasteiger partial charge in [0.2, 0.25) is 0 Å². The molecule has 0 spiro atoms. The maximum atomic E-state index is 5.31. The lowest BCUT2D eigenvalue weighted by molar-refractivity contribution is 0.230. The molecule has 0 radical (unpaired) electrons. The van der Waals surface area contributed by atoms with Gasteiger partial charge in [-0.1, -0.05) is 63.2 Å². The minimum Gasteiger partial charge on any atom is -0.497 e. The predicted octanol–water partition coefficient (Wildman–Crippen LogP) is 4.45. The van der Waals surface area contributed by atoms with Crippen LogP contribution in [-0.4, -0.2) is 14.2 Å². The quantitative estimate of drug-likeness (QED) is 0.850. The Morgan fingerprint density at radius 1 is 0.864 bits per heavy atom. The first kappa shape index (κ1) is 16.6. The molecule has 1 N–H and O–H groups in total. The van der Waals surface area contributed by atoms with E-state index in [1.807, 2.05) is 12.1 Å². The molecule has 0 unspecified atom stereocenters. The lowest BCUT2D eigenvalue weighted by atomic mass is 9.69. The first-order valence-corrected chi connectivity index (χ1v) is 7.95. The van der Waals surface area contributed by atoms with Crippen LogP contribution < -0.4 is 10.1 Å². The molecule has 0 aliphatic heterocycles. The maximum absolute atomic E-state index is 5.31. The van der Waals surface area contributed by atoms with Crippen LogP contribution in [0.3, 0.4) is 0 Å². The third-order valence-electron chi connectivity index (χ3n) is 4.85. The van der Waals surface area contributed by atoms with Crippen molar-refractivity contribution in [1.82, 2.24) is 5.32 Å². The molecule has 2 rings (SSSR count). The molecule has 2 nitrogen and oxygen atoms in total. The first-order valence-electron chi connectivity index (χ1n) is 7.95. The number of hydrogen-bond donors (Lipinski definition) is 1. The standard InChI is InChI=1S/C20H27NO/c1-15(2)16(3)20(21-4,17-9-7-6-8-10-17)18-11-13-19(22-5)14-12-18/h6-16,21H,1-5H3/t16-,20-/m1/s1. The van der Waals surface area contributed by atoms with Crippen LogP contribution in [0, 0.1) is 11.8 Å². The second-order valence-electron chi connectivity index (χ2n) is 6.19. The summed E-state index contributed by atoms with van der Waals surface area (Å²) in [6.45, 7) is 6.88. The van der Waals surface area contributed by atoms with E-state index in [0.29, 0.717) is 11.8 Å². The molecule has 0 fully saturated rings. The Morgan fingerprint density at radius 3 is 1.86 bits per heavy atom. The van der Waals surface area contributed by atoms with Crippen molar-refractivity contribution in [2.24, 2.45) is 11.8 Å². The summed E-state index contributed by atoms with van der Waals surface area (Å²) < 4.78 is 5.31. The van der Waals surface area contributed by atoms with Gasteiger partial charge in [-0.3, -0.25) is 0 Å². The normalized spacial score (nSPS) is 15.4. The summed E-state index contributed by atoms with van der Waals surface area (Å²) in [5, 5.41) is 3.63. The number of nitrogens with one attached hydrogen (secondary N) is 1. The average molecular weight is 297 g/mol. The third-order valence-corrected chi connectivity index (χ3v) is 4.85. The fourth-order valence-electron chi connectivity index (χ4n) is 3.26. The molecule has 2 atom stereocenters. The van der Waals surface area contributed by atoms with E-state index in [-0.39, 0.29) is 5.54 Å². The van der Waals surface area contributed by atoms with Crippen molar-refractivity contribution in [1.29, 1.82) is 0 Å². The Hall–Kier alpha value is -1.80. The Morgan fingerprint density at radius 2 is 1.41 bits per heavy atom. The molecule has 118 valence electrons. The van der Waals surface area contributed by atoms with Gasteiger partial charge in [0.15, 0.2) is 0 Å². The van der Waals surface area contributed by atoms with E-state index in [0.717, 1.165) is 5.75 Å². The van der Waals surface area contributed by atoms with Gasteiger partial charge in [-0.2, -0.15) is 0 Å². The second kappa shape index (κ2) is 6.97. The van der Waals surface area contributed by atoms with Gasteiger partial charge in [-0.05, 0) is 42.1 Å². The highest BCUT2D eigenvalue weighted by Gasteiger charge is 2.39. The molecule has 0 amide bonds. The smallest absolute Gasteiger partial charge is 0.118 e. The summed E-state index contributed by atoms with van der Waals surface area (Å²) in [6, 6.07) is 19.1. The fourth-order valence-corrected chi connectivity index (χ4v) is 3.26. The molecular weight excluding hydrogens is 270 g/mol. The topological polar surface area (TPSA) is 21.3 Å². The fraction of sp³-hybridized carbons (Fsp3) is 0.400. The van der Waals surface area contributed by atoms with Gasteiger partial charge >= 0.3 is 0 Å². The molecular formula is C20H27NO. The number of rotatable bonds is 6. The molecule has 0 saturated carbocycles. The number of hydrogen-bond acceptors (Lipinski definition) is 2. The van der Waals surface area contributed by atoms with Gasteiger partial charge in [0, 0.05) is 0 Å². The van der Waals surface area contributed by atoms with Crippen molar-refractivity contribution < 1.29 is 4.74 Å². The zero-order valence-corrected chi connectivity index (χ0v) is 14.3. The van der Waals surface area contributed by atoms with Crippen molar-refractivity contribution >= 4 is 0 Å². The van der Waals surface area contributed by atoms with Crippen LogP contribution in [0.1, 0.15) is 31.9 Å². The summed E-state index contributed by atoms with van der Waals surface area (Å²) >= 11 is 0. The highest BCUT2D eigenvalue weighted by Crippen LogP contribution is 2.40. The molecule has 0 saturated heterocycles. The Balaban J connectivity index is 2.62. The zero-order chi connectivity index (χ0) is 16.2. The summed E-state index contributed by atoms with van der Waals surface area (Å²) in [4.78, 5) is 0. The van der Waals surface area contributed by atoms with Crippen LogP contribution >= 0.6 is 0 Å². The number of methoxy groups -OCH3 is 1. The molecule has 0 aromatic heterocycles. The summed E-state index contributed by atoms with van der Waals surface area (Å²) in [5.41, 5.74) is 2.36. The van der Waals surface area contributed by atoms with Gasteiger partial charge in [-0.25, -0.2) is 0 Å². The monoisotopic (exact) mass is 297 g/mol. The van der Waals surface area contributed by atoms with Gasteiger partial charge in [0.05, 0.1) is 12.6 Å². The Labute approximate surface area is 134 Å². The number of benzene rings is 2. The predicted molar refractivity (Wildman–Crippen MR) is 93.3 cm³/mol. The van der Waals surface area contributed by atoms with Gasteiger partial charge in [0.1, 0.15) is 5.75 Å². The SMILES string of the molecule is CN[C@](c1ccccc1)(c1ccc(OC)cc1)[C@H](C)C(C)C. The minimum atomic E-state index is -0.207. The van der Waals surface area contributed by atoms with Gasteiger partial charge in [0.25, 0.3) is 0 Å². The Kier molecular flexibility index (Phi) is 5.25. The van der Waals surface area contributed by atoms with Crippen molar-refractivity contribution in [2.45, 2.75) is 26.3 Å². The highest BCUT2D eigenvalue weighted by molar-refractivity contribution is 5.41. The molecule has 22 heavy (non-hydrogen) atoms. The molecule has 0 heterocycles. The van der Waals surface area contributed by atoms with E-state index in [2.05, 4.69) is 75.6 Å². The second-order valence-corrected chi connectivity index (χ2v) is 6.19. The van der Waals surface area contributed by atoms with E-state index < -0.39 is 0 Å².